The largest absolute Gasteiger partial charge is 0.497 e. The molecular formula is C27H31N3O4. The number of hydrogen-bond acceptors (Lipinski definition) is 4. The molecule has 0 saturated heterocycles. The van der Waals surface area contributed by atoms with Gasteiger partial charge in [0, 0.05) is 35.1 Å². The Morgan fingerprint density at radius 2 is 1.68 bits per heavy atom. The van der Waals surface area contributed by atoms with E-state index in [9.17, 15) is 9.59 Å². The molecule has 7 nitrogen and oxygen atoms in total. The van der Waals surface area contributed by atoms with E-state index in [1.54, 1.807) is 37.3 Å². The van der Waals surface area contributed by atoms with Gasteiger partial charge in [-0.05, 0) is 31.9 Å². The van der Waals surface area contributed by atoms with E-state index >= 15 is 0 Å². The number of carbonyl (C=O) groups excluding carboxylic acids is 2. The number of anilines is 1. The molecule has 0 radical (unpaired) electrons. The second kappa shape index (κ2) is 8.70. The average Bonchev–Trinajstić information content (AvgIpc) is 3.23. The molecule has 0 bridgehead atoms. The lowest BCUT2D eigenvalue weighted by atomic mass is 9.91. The zero-order valence-corrected chi connectivity index (χ0v) is 20.0. The fourth-order valence-corrected chi connectivity index (χ4v) is 5.36. The molecule has 7 heteroatoms. The normalized spacial score (nSPS) is 20.8. The summed E-state index contributed by atoms with van der Waals surface area (Å²) < 4.78 is 12.9. The smallest absolute Gasteiger partial charge is 0.275 e. The Morgan fingerprint density at radius 1 is 1.00 bits per heavy atom. The molecule has 1 aliphatic heterocycles. The maximum atomic E-state index is 14.0. The van der Waals surface area contributed by atoms with E-state index in [4.69, 9.17) is 9.47 Å². The van der Waals surface area contributed by atoms with Gasteiger partial charge in [0.25, 0.3) is 5.91 Å². The molecule has 1 atom stereocenters. The van der Waals surface area contributed by atoms with Crippen LogP contribution in [0.15, 0.2) is 48.5 Å². The monoisotopic (exact) mass is 461 g/mol. The molecule has 2 aromatic carbocycles. The number of rotatable bonds is 5. The summed E-state index contributed by atoms with van der Waals surface area (Å²) in [6.45, 7) is 2.20. The number of hydrogen-bond donors (Lipinski definition) is 1. The van der Waals surface area contributed by atoms with E-state index in [1.165, 1.54) is 6.42 Å². The van der Waals surface area contributed by atoms with Crippen LogP contribution in [0.4, 0.5) is 5.69 Å². The van der Waals surface area contributed by atoms with Gasteiger partial charge in [0.15, 0.2) is 0 Å². The number of benzene rings is 2. The summed E-state index contributed by atoms with van der Waals surface area (Å²) in [6.07, 6.45) is 5.38. The Hall–Kier alpha value is -3.48. The molecule has 2 heterocycles. The lowest BCUT2D eigenvalue weighted by Crippen LogP contribution is -2.65. The second-order valence-corrected chi connectivity index (χ2v) is 9.47. The van der Waals surface area contributed by atoms with Gasteiger partial charge in [-0.2, -0.15) is 0 Å². The third kappa shape index (κ3) is 3.69. The third-order valence-electron chi connectivity index (χ3n) is 7.22. The zero-order valence-electron chi connectivity index (χ0n) is 20.0. The third-order valence-corrected chi connectivity index (χ3v) is 7.22. The maximum Gasteiger partial charge on any atom is 0.275 e. The number of para-hydroxylation sites is 1. The average molecular weight is 462 g/mol. The van der Waals surface area contributed by atoms with Crippen LogP contribution < -0.4 is 19.7 Å². The van der Waals surface area contributed by atoms with Crippen LogP contribution in [0.1, 0.15) is 49.5 Å². The van der Waals surface area contributed by atoms with Crippen LogP contribution in [0.3, 0.4) is 0 Å². The van der Waals surface area contributed by atoms with Gasteiger partial charge >= 0.3 is 0 Å². The van der Waals surface area contributed by atoms with Crippen LogP contribution in [0.2, 0.25) is 0 Å². The van der Waals surface area contributed by atoms with Crippen molar-refractivity contribution in [3.05, 3.63) is 54.2 Å². The van der Waals surface area contributed by atoms with Gasteiger partial charge < -0.3 is 19.4 Å². The number of ether oxygens (including phenoxy) is 2. The highest BCUT2D eigenvalue weighted by molar-refractivity contribution is 6.14. The molecule has 1 fully saturated rings. The van der Waals surface area contributed by atoms with Crippen LogP contribution in [0, 0.1) is 0 Å². The van der Waals surface area contributed by atoms with E-state index in [0.717, 1.165) is 36.6 Å². The lowest BCUT2D eigenvalue weighted by Gasteiger charge is -2.44. The molecule has 1 saturated carbocycles. The Balaban J connectivity index is 1.64. The van der Waals surface area contributed by atoms with E-state index < -0.39 is 5.54 Å². The van der Waals surface area contributed by atoms with Crippen LogP contribution >= 0.6 is 0 Å². The van der Waals surface area contributed by atoms with Gasteiger partial charge in [-0.1, -0.05) is 37.5 Å². The summed E-state index contributed by atoms with van der Waals surface area (Å²) in [7, 11) is 3.15. The predicted molar refractivity (Wildman–Crippen MR) is 132 cm³/mol. The van der Waals surface area contributed by atoms with E-state index in [0.29, 0.717) is 29.4 Å². The van der Waals surface area contributed by atoms with E-state index in [-0.39, 0.29) is 17.9 Å². The van der Waals surface area contributed by atoms with E-state index in [1.807, 2.05) is 41.8 Å². The van der Waals surface area contributed by atoms with Crippen molar-refractivity contribution in [2.45, 2.75) is 57.2 Å². The minimum absolute atomic E-state index is 0.137. The predicted octanol–water partition coefficient (Wildman–Crippen LogP) is 4.53. The molecule has 2 aliphatic rings. The van der Waals surface area contributed by atoms with Crippen molar-refractivity contribution in [3.8, 4) is 11.5 Å². The van der Waals surface area contributed by atoms with Gasteiger partial charge in [-0.15, -0.1) is 0 Å². The van der Waals surface area contributed by atoms with Crippen molar-refractivity contribution in [3.63, 3.8) is 0 Å². The van der Waals surface area contributed by atoms with Crippen molar-refractivity contribution < 1.29 is 19.1 Å². The first-order chi connectivity index (χ1) is 16.4. The van der Waals surface area contributed by atoms with Crippen LogP contribution in [0.5, 0.6) is 11.5 Å². The summed E-state index contributed by atoms with van der Waals surface area (Å²) >= 11 is 0. The number of nitrogens with zero attached hydrogens (tertiary/aromatic N) is 2. The Bertz CT molecular complexity index is 1220. The van der Waals surface area contributed by atoms with Gasteiger partial charge in [0.05, 0.1) is 26.5 Å². The molecule has 1 aromatic heterocycles. The van der Waals surface area contributed by atoms with Gasteiger partial charge in [-0.3, -0.25) is 14.5 Å². The minimum atomic E-state index is -1.14. The topological polar surface area (TPSA) is 72.8 Å². The number of methoxy groups -OCH3 is 2. The van der Waals surface area contributed by atoms with Crippen molar-refractivity contribution in [1.29, 1.82) is 0 Å². The van der Waals surface area contributed by atoms with Crippen molar-refractivity contribution in [2.75, 3.05) is 19.1 Å². The number of carbonyl (C=O) groups is 2. The summed E-state index contributed by atoms with van der Waals surface area (Å²) in [4.78, 5) is 29.6. The molecular weight excluding hydrogens is 430 g/mol. The maximum absolute atomic E-state index is 14.0. The van der Waals surface area contributed by atoms with Crippen LogP contribution in [-0.4, -0.2) is 42.2 Å². The quantitative estimate of drug-likeness (QED) is 0.606. The van der Waals surface area contributed by atoms with Crippen LogP contribution in [0.25, 0.3) is 10.9 Å². The number of nitrogens with one attached hydrogen (secondary N) is 1. The Kier molecular flexibility index (Phi) is 5.71. The molecule has 1 N–H and O–H groups in total. The highest BCUT2D eigenvalue weighted by Crippen LogP contribution is 2.39. The summed E-state index contributed by atoms with van der Waals surface area (Å²) in [6, 6.07) is 15.3. The second-order valence-electron chi connectivity index (χ2n) is 9.47. The highest BCUT2D eigenvalue weighted by Gasteiger charge is 2.49. The Labute approximate surface area is 199 Å². The molecule has 1 aliphatic carbocycles. The van der Waals surface area contributed by atoms with Gasteiger partial charge in [0.2, 0.25) is 5.91 Å². The van der Waals surface area contributed by atoms with Gasteiger partial charge in [0.1, 0.15) is 22.7 Å². The standard InChI is InChI=1S/C27H31N3O4/c1-27(26(32)28-19-10-5-4-6-11-19)17-29-23-12-8-7-9-18(23)13-24(29)25(31)30(27)20-14-21(33-2)16-22(15-20)34-3/h7-9,12-16,19H,4-6,10-11,17H2,1-3H3,(H,28,32)/t27-/m1/s1. The summed E-state index contributed by atoms with van der Waals surface area (Å²) in [5.41, 5.74) is 0.941. The molecule has 178 valence electrons. The highest BCUT2D eigenvalue weighted by atomic mass is 16.5. The molecule has 5 rings (SSSR count). The van der Waals surface area contributed by atoms with Crippen LogP contribution in [-0.2, 0) is 11.3 Å². The molecule has 0 unspecified atom stereocenters. The first-order valence-corrected chi connectivity index (χ1v) is 11.9. The first-order valence-electron chi connectivity index (χ1n) is 11.9. The minimum Gasteiger partial charge on any atom is -0.497 e. The van der Waals surface area contributed by atoms with E-state index in [2.05, 4.69) is 5.32 Å². The molecule has 2 amide bonds. The number of fused-ring (bicyclic) bond motifs is 3. The number of amides is 2. The summed E-state index contributed by atoms with van der Waals surface area (Å²) in [5, 5.41) is 4.25. The van der Waals surface area contributed by atoms with Crippen molar-refractivity contribution in [1.82, 2.24) is 9.88 Å². The van der Waals surface area contributed by atoms with Gasteiger partial charge in [-0.25, -0.2) is 0 Å². The molecule has 0 spiro atoms. The summed E-state index contributed by atoms with van der Waals surface area (Å²) in [5.74, 6) is 0.753. The van der Waals surface area contributed by atoms with Crippen molar-refractivity contribution >= 4 is 28.4 Å². The SMILES string of the molecule is COc1cc(OC)cc(N2C(=O)c3cc4ccccc4n3C[C@]2(C)C(=O)NC2CCCCC2)c1. The number of aromatic nitrogens is 1. The fraction of sp³-hybridized carbons (Fsp3) is 0.407. The molecule has 34 heavy (non-hydrogen) atoms. The van der Waals surface area contributed by atoms with Crippen molar-refractivity contribution in [2.24, 2.45) is 0 Å². The fourth-order valence-electron chi connectivity index (χ4n) is 5.36. The zero-order chi connectivity index (χ0) is 23.9. The first kappa shape index (κ1) is 22.3. The lowest BCUT2D eigenvalue weighted by molar-refractivity contribution is -0.127. The molecule has 3 aromatic rings. The Morgan fingerprint density at radius 3 is 2.35 bits per heavy atom.